The highest BCUT2D eigenvalue weighted by Crippen LogP contribution is 2.72. The molecule has 4 bridgehead atoms. The van der Waals surface area contributed by atoms with E-state index < -0.39 is 87.2 Å². The van der Waals surface area contributed by atoms with Gasteiger partial charge in [-0.1, -0.05) is 29.4 Å². The van der Waals surface area contributed by atoms with Crippen LogP contribution in [-0.2, 0) is 47.8 Å². The molecule has 5 fully saturated rings. The standard InChI is InChI=1S/C44H61N2O17P3/c1-25(2)12-11-17-42(8)18-16-29-36(58-42)28(14-13-26(3)4)37-32(38(29)60-65(53,54)63-66(55,56)62-64(50,51)52)35(47)33-34(46-22-20-45(9)21-23-46)30-24-31-41(6,7)61-43(39(30)48,44(31,33)59-37)19-15-27(5)40(49)57-10/h12-13,15-16,18,30-31,33-34H,11,14,17,19-24H2,1-10H3,(H,53,54)(H,55,56)(H2,50,51,52)/b27-15-. The predicted molar refractivity (Wildman–Crippen MR) is 240 cm³/mol. The van der Waals surface area contributed by atoms with Gasteiger partial charge in [0.15, 0.2) is 28.5 Å². The number of likely N-dealkylation sites (N-methyl/N-ethyl adjacent to an activating group) is 1. The first kappa shape index (κ1) is 50.6. The fourth-order valence-electron chi connectivity index (χ4n) is 11.0. The van der Waals surface area contributed by atoms with Crippen molar-refractivity contribution in [3.05, 3.63) is 57.7 Å². The van der Waals surface area contributed by atoms with Gasteiger partial charge in [0.2, 0.25) is 0 Å². The number of piperazine rings is 1. The van der Waals surface area contributed by atoms with Crippen molar-refractivity contribution < 1.29 is 79.7 Å². The Morgan fingerprint density at radius 3 is 2.15 bits per heavy atom. The average Bonchev–Trinajstić information content (AvgIpc) is 3.33. The molecule has 2 saturated heterocycles. The van der Waals surface area contributed by atoms with Crippen molar-refractivity contribution in [3.8, 4) is 17.2 Å². The van der Waals surface area contributed by atoms with Crippen LogP contribution in [0.15, 0.2) is 41.0 Å². The molecule has 0 aromatic heterocycles. The van der Waals surface area contributed by atoms with Gasteiger partial charge in [-0.3, -0.25) is 19.4 Å². The maximum absolute atomic E-state index is 16.3. The smallest absolute Gasteiger partial charge is 0.482 e. The topological polar surface area (TPSA) is 254 Å². The van der Waals surface area contributed by atoms with Crippen LogP contribution in [0, 0.1) is 17.8 Å². The number of phosphoric acid groups is 3. The summed E-state index contributed by atoms with van der Waals surface area (Å²) in [6.45, 7) is 16.9. The third-order valence-electron chi connectivity index (χ3n) is 13.8. The van der Waals surface area contributed by atoms with Gasteiger partial charge >= 0.3 is 29.4 Å². The number of esters is 1. The molecule has 9 unspecified atom stereocenters. The van der Waals surface area contributed by atoms with Crippen LogP contribution < -0.4 is 14.0 Å². The van der Waals surface area contributed by atoms with E-state index in [-0.39, 0.29) is 53.2 Å². The van der Waals surface area contributed by atoms with E-state index in [0.717, 1.165) is 11.1 Å². The van der Waals surface area contributed by atoms with Gasteiger partial charge in [-0.25, -0.2) is 18.5 Å². The molecule has 4 aliphatic heterocycles. The van der Waals surface area contributed by atoms with Crippen molar-refractivity contribution in [3.63, 3.8) is 0 Å². The minimum Gasteiger partial charge on any atom is -0.482 e. The van der Waals surface area contributed by atoms with Gasteiger partial charge in [0.05, 0.1) is 24.2 Å². The minimum atomic E-state index is -6.03. The molecule has 4 N–H and O–H groups in total. The third-order valence-corrected chi connectivity index (χ3v) is 17.5. The molecule has 0 amide bonds. The summed E-state index contributed by atoms with van der Waals surface area (Å²) < 4.78 is 78.7. The van der Waals surface area contributed by atoms with Crippen molar-refractivity contribution in [2.75, 3.05) is 40.3 Å². The van der Waals surface area contributed by atoms with E-state index in [0.29, 0.717) is 44.6 Å². The molecular weight excluding hydrogens is 921 g/mol. The zero-order valence-corrected chi connectivity index (χ0v) is 41.6. The highest BCUT2D eigenvalue weighted by Gasteiger charge is 2.86. The second-order valence-corrected chi connectivity index (χ2v) is 23.8. The van der Waals surface area contributed by atoms with Gasteiger partial charge < -0.3 is 43.1 Å². The molecule has 9 atom stereocenters. The van der Waals surface area contributed by atoms with Crippen molar-refractivity contribution in [2.24, 2.45) is 17.8 Å². The predicted octanol–water partition coefficient (Wildman–Crippen LogP) is 6.63. The number of carbonyl (C=O) groups is 3. The van der Waals surface area contributed by atoms with E-state index in [1.165, 1.54) is 7.11 Å². The molecule has 1 aromatic rings. The molecule has 7 aliphatic rings. The maximum Gasteiger partial charge on any atom is 0.536 e. The number of carbonyl (C=O) groups excluding carboxylic acids is 3. The van der Waals surface area contributed by atoms with E-state index in [1.54, 1.807) is 25.2 Å². The molecule has 3 saturated carbocycles. The van der Waals surface area contributed by atoms with E-state index in [1.807, 2.05) is 67.7 Å². The van der Waals surface area contributed by atoms with E-state index in [9.17, 15) is 38.1 Å². The minimum absolute atomic E-state index is 0.0286. The van der Waals surface area contributed by atoms with Crippen LogP contribution in [-0.4, -0.2) is 116 Å². The van der Waals surface area contributed by atoms with Crippen LogP contribution in [0.2, 0.25) is 0 Å². The van der Waals surface area contributed by atoms with Gasteiger partial charge in [0.25, 0.3) is 0 Å². The highest BCUT2D eigenvalue weighted by atomic mass is 31.3. The third kappa shape index (κ3) is 9.05. The van der Waals surface area contributed by atoms with Crippen molar-refractivity contribution in [2.45, 2.75) is 116 Å². The molecule has 0 radical (unpaired) electrons. The molecule has 19 nitrogen and oxygen atoms in total. The maximum atomic E-state index is 16.3. The Kier molecular flexibility index (Phi) is 13.5. The lowest BCUT2D eigenvalue weighted by molar-refractivity contribution is -0.214. The normalized spacial score (nSPS) is 31.9. The largest absolute Gasteiger partial charge is 0.536 e. The Labute approximate surface area is 384 Å². The number of benzene rings is 1. The van der Waals surface area contributed by atoms with Crippen molar-refractivity contribution >= 4 is 47.1 Å². The number of fused-ring (bicyclic) bond motifs is 2. The van der Waals surface area contributed by atoms with Gasteiger partial charge in [-0.05, 0) is 100 Å². The van der Waals surface area contributed by atoms with Crippen LogP contribution in [0.1, 0.15) is 103 Å². The van der Waals surface area contributed by atoms with Gasteiger partial charge in [0.1, 0.15) is 22.7 Å². The van der Waals surface area contributed by atoms with Gasteiger partial charge in [0, 0.05) is 61.6 Å². The Balaban J connectivity index is 1.54. The average molecular weight is 983 g/mol. The van der Waals surface area contributed by atoms with Crippen LogP contribution in [0.5, 0.6) is 17.2 Å². The molecule has 364 valence electrons. The number of hydrogen-bond donors (Lipinski definition) is 4. The fourth-order valence-corrected chi connectivity index (χ4v) is 14.1. The van der Waals surface area contributed by atoms with Crippen molar-refractivity contribution in [1.82, 2.24) is 9.80 Å². The van der Waals surface area contributed by atoms with E-state index >= 15 is 9.59 Å². The lowest BCUT2D eigenvalue weighted by Crippen LogP contribution is -2.82. The van der Waals surface area contributed by atoms with Crippen molar-refractivity contribution in [1.29, 1.82) is 0 Å². The number of ether oxygens (including phenoxy) is 4. The first-order valence-electron chi connectivity index (χ1n) is 21.9. The van der Waals surface area contributed by atoms with Crippen LogP contribution in [0.4, 0.5) is 0 Å². The summed E-state index contributed by atoms with van der Waals surface area (Å²) in [5.74, 6) is -4.91. The summed E-state index contributed by atoms with van der Waals surface area (Å²) >= 11 is 0. The molecule has 1 aromatic carbocycles. The van der Waals surface area contributed by atoms with Gasteiger partial charge in [-0.15, -0.1) is 0 Å². The lowest BCUT2D eigenvalue weighted by atomic mass is 9.44. The quantitative estimate of drug-likeness (QED) is 0.0622. The molecule has 4 heterocycles. The van der Waals surface area contributed by atoms with Crippen LogP contribution in [0.3, 0.4) is 0 Å². The summed E-state index contributed by atoms with van der Waals surface area (Å²) in [5.41, 5.74) is -3.65. The SMILES string of the molecule is COC(=O)/C(C)=C\CC12OC(C)(C)C3CC(C1=O)C(N1CCN(C)CC1)C1C(=O)c4c(OP(=O)(O)OP(=O)(O)OP(=O)(O)O)c5c(c(CC=C(C)C)c4OC132)OC(C)(CCC=C(C)C)C=C5. The Morgan fingerprint density at radius 1 is 0.894 bits per heavy atom. The Hall–Kier alpha value is -3.28. The second kappa shape index (κ2) is 17.6. The molecular formula is C44H61N2O17P3. The number of Topliss-reactive ketones (excluding diaryl/α,β-unsaturated/α-hetero) is 2. The summed E-state index contributed by atoms with van der Waals surface area (Å²) in [7, 11) is -14.6. The zero-order chi connectivity index (χ0) is 48.7. The van der Waals surface area contributed by atoms with E-state index in [4.69, 9.17) is 23.5 Å². The first-order valence-corrected chi connectivity index (χ1v) is 26.4. The first-order chi connectivity index (χ1) is 30.5. The van der Waals surface area contributed by atoms with E-state index in [2.05, 4.69) is 18.4 Å². The van der Waals surface area contributed by atoms with Crippen LogP contribution in [0.25, 0.3) is 6.08 Å². The zero-order valence-electron chi connectivity index (χ0n) is 38.9. The molecule has 1 spiro atoms. The summed E-state index contributed by atoms with van der Waals surface area (Å²) in [5, 5.41) is 0. The Morgan fingerprint density at radius 2 is 1.55 bits per heavy atom. The van der Waals surface area contributed by atoms with Crippen LogP contribution >= 0.6 is 23.5 Å². The summed E-state index contributed by atoms with van der Waals surface area (Å²) in [6, 6.07) is -0.777. The second-order valence-electron chi connectivity index (χ2n) is 19.4. The number of allylic oxidation sites excluding steroid dienone is 4. The number of phosphoric ester groups is 1. The molecule has 22 heteroatoms. The number of methoxy groups -OCH3 is 1. The highest BCUT2D eigenvalue weighted by molar-refractivity contribution is 7.66. The number of rotatable bonds is 15. The van der Waals surface area contributed by atoms with Gasteiger partial charge in [-0.2, -0.15) is 8.62 Å². The number of ketones is 2. The monoisotopic (exact) mass is 982 g/mol. The molecule has 66 heavy (non-hydrogen) atoms. The lowest BCUT2D eigenvalue weighted by Gasteiger charge is -2.65. The number of nitrogens with zero attached hydrogens (tertiary/aromatic N) is 2. The number of hydrogen-bond acceptors (Lipinski definition) is 15. The fraction of sp³-hybridized carbons (Fsp3) is 0.614. The Bertz CT molecular complexity index is 2480. The summed E-state index contributed by atoms with van der Waals surface area (Å²) in [4.78, 5) is 89.0. The summed E-state index contributed by atoms with van der Waals surface area (Å²) in [6.07, 6.45) is 9.95. The molecule has 8 rings (SSSR count). The molecule has 3 aliphatic carbocycles.